The van der Waals surface area contributed by atoms with Gasteiger partial charge in [-0.1, -0.05) is 13.0 Å². The molecule has 0 aliphatic carbocycles. The number of rotatable bonds is 9. The minimum atomic E-state index is -0.635. The standard InChI is InChI=1S/C16H27N3O2/c1-5-18-16(2,15(17)20)10-7-11-19(3)13-8-6-9-14(12-13)21-4/h6,8-9,12,18H,5,7,10-11H2,1-4H3,(H2,17,20). The molecule has 21 heavy (non-hydrogen) atoms. The van der Waals surface area contributed by atoms with E-state index in [0.717, 1.165) is 30.9 Å². The Kier molecular flexibility index (Phi) is 6.49. The van der Waals surface area contributed by atoms with Crippen molar-refractivity contribution in [2.24, 2.45) is 5.73 Å². The van der Waals surface area contributed by atoms with Gasteiger partial charge in [0, 0.05) is 25.3 Å². The lowest BCUT2D eigenvalue weighted by atomic mass is 9.94. The van der Waals surface area contributed by atoms with Crippen LogP contribution in [0.5, 0.6) is 5.75 Å². The summed E-state index contributed by atoms with van der Waals surface area (Å²) in [5, 5.41) is 3.18. The summed E-state index contributed by atoms with van der Waals surface area (Å²) in [4.78, 5) is 13.7. The van der Waals surface area contributed by atoms with E-state index >= 15 is 0 Å². The Labute approximate surface area is 127 Å². The number of carbonyl (C=O) groups excluding carboxylic acids is 1. The van der Waals surface area contributed by atoms with E-state index < -0.39 is 5.54 Å². The summed E-state index contributed by atoms with van der Waals surface area (Å²) >= 11 is 0. The lowest BCUT2D eigenvalue weighted by Gasteiger charge is -2.28. The molecule has 0 aromatic heterocycles. The number of hydrogen-bond donors (Lipinski definition) is 2. The molecule has 5 heteroatoms. The fourth-order valence-corrected chi connectivity index (χ4v) is 2.34. The van der Waals surface area contributed by atoms with Gasteiger partial charge in [-0.05, 0) is 38.4 Å². The lowest BCUT2D eigenvalue weighted by Crippen LogP contribution is -2.53. The summed E-state index contributed by atoms with van der Waals surface area (Å²) in [5.41, 5.74) is 5.95. The summed E-state index contributed by atoms with van der Waals surface area (Å²) < 4.78 is 5.23. The summed E-state index contributed by atoms with van der Waals surface area (Å²) in [6.45, 7) is 5.42. The maximum absolute atomic E-state index is 11.6. The number of carbonyl (C=O) groups is 1. The number of likely N-dealkylation sites (N-methyl/N-ethyl adjacent to an activating group) is 1. The van der Waals surface area contributed by atoms with Crippen LogP contribution in [0.4, 0.5) is 5.69 Å². The molecule has 1 atom stereocenters. The highest BCUT2D eigenvalue weighted by molar-refractivity contribution is 5.84. The quantitative estimate of drug-likeness (QED) is 0.728. The summed E-state index contributed by atoms with van der Waals surface area (Å²) in [5.74, 6) is 0.544. The first-order valence-corrected chi connectivity index (χ1v) is 7.33. The predicted octanol–water partition coefficient (Wildman–Crippen LogP) is 1.77. The molecule has 0 aliphatic heterocycles. The van der Waals surface area contributed by atoms with Crippen LogP contribution in [0.25, 0.3) is 0 Å². The Morgan fingerprint density at radius 1 is 1.48 bits per heavy atom. The van der Waals surface area contributed by atoms with Gasteiger partial charge in [0.25, 0.3) is 0 Å². The van der Waals surface area contributed by atoms with Gasteiger partial charge in [-0.15, -0.1) is 0 Å². The Morgan fingerprint density at radius 2 is 2.19 bits per heavy atom. The zero-order valence-electron chi connectivity index (χ0n) is 13.5. The molecular formula is C16H27N3O2. The monoisotopic (exact) mass is 293 g/mol. The maximum atomic E-state index is 11.6. The van der Waals surface area contributed by atoms with E-state index in [2.05, 4.69) is 10.2 Å². The number of nitrogens with zero attached hydrogens (tertiary/aromatic N) is 1. The van der Waals surface area contributed by atoms with Crippen molar-refractivity contribution in [3.8, 4) is 5.75 Å². The molecule has 0 fully saturated rings. The topological polar surface area (TPSA) is 67.6 Å². The molecule has 0 bridgehead atoms. The molecule has 1 unspecified atom stereocenters. The van der Waals surface area contributed by atoms with Gasteiger partial charge in [0.15, 0.2) is 0 Å². The van der Waals surface area contributed by atoms with Crippen molar-refractivity contribution < 1.29 is 9.53 Å². The fourth-order valence-electron chi connectivity index (χ4n) is 2.34. The van der Waals surface area contributed by atoms with Crippen molar-refractivity contribution in [2.45, 2.75) is 32.2 Å². The number of hydrogen-bond acceptors (Lipinski definition) is 4. The van der Waals surface area contributed by atoms with Gasteiger partial charge in [0.2, 0.25) is 5.91 Å². The van der Waals surface area contributed by atoms with Crippen molar-refractivity contribution in [2.75, 3.05) is 32.1 Å². The summed E-state index contributed by atoms with van der Waals surface area (Å²) in [7, 11) is 3.69. The number of anilines is 1. The van der Waals surface area contributed by atoms with Crippen LogP contribution in [0, 0.1) is 0 Å². The molecule has 3 N–H and O–H groups in total. The Bertz CT molecular complexity index is 465. The molecule has 1 aromatic carbocycles. The van der Waals surface area contributed by atoms with Crippen molar-refractivity contribution in [3.05, 3.63) is 24.3 Å². The molecule has 1 amide bonds. The molecule has 0 saturated carbocycles. The van der Waals surface area contributed by atoms with E-state index in [1.54, 1.807) is 7.11 Å². The molecular weight excluding hydrogens is 266 g/mol. The number of benzene rings is 1. The van der Waals surface area contributed by atoms with Crippen LogP contribution in [0.2, 0.25) is 0 Å². The number of methoxy groups -OCH3 is 1. The molecule has 1 aromatic rings. The van der Waals surface area contributed by atoms with Gasteiger partial charge in [-0.25, -0.2) is 0 Å². The van der Waals surface area contributed by atoms with Crippen molar-refractivity contribution in [1.29, 1.82) is 0 Å². The zero-order chi connectivity index (χ0) is 15.9. The second-order valence-corrected chi connectivity index (χ2v) is 5.45. The van der Waals surface area contributed by atoms with Crippen molar-refractivity contribution >= 4 is 11.6 Å². The number of nitrogens with one attached hydrogen (secondary N) is 1. The highest BCUT2D eigenvalue weighted by atomic mass is 16.5. The van der Waals surface area contributed by atoms with E-state index in [1.165, 1.54) is 0 Å². The second kappa shape index (κ2) is 7.88. The average molecular weight is 293 g/mol. The van der Waals surface area contributed by atoms with Crippen LogP contribution in [-0.4, -0.2) is 38.7 Å². The van der Waals surface area contributed by atoms with E-state index in [9.17, 15) is 4.79 Å². The Hall–Kier alpha value is -1.75. The van der Waals surface area contributed by atoms with Crippen LogP contribution in [0.15, 0.2) is 24.3 Å². The molecule has 0 saturated heterocycles. The van der Waals surface area contributed by atoms with E-state index in [-0.39, 0.29) is 5.91 Å². The van der Waals surface area contributed by atoms with Gasteiger partial charge in [0.05, 0.1) is 12.6 Å². The normalized spacial score (nSPS) is 13.5. The number of amides is 1. The van der Waals surface area contributed by atoms with Crippen molar-refractivity contribution in [1.82, 2.24) is 5.32 Å². The number of ether oxygens (including phenoxy) is 1. The molecule has 0 heterocycles. The second-order valence-electron chi connectivity index (χ2n) is 5.45. The highest BCUT2D eigenvalue weighted by Gasteiger charge is 2.29. The van der Waals surface area contributed by atoms with Gasteiger partial charge >= 0.3 is 0 Å². The molecule has 0 aliphatic rings. The molecule has 5 nitrogen and oxygen atoms in total. The van der Waals surface area contributed by atoms with Crippen LogP contribution in [-0.2, 0) is 4.79 Å². The van der Waals surface area contributed by atoms with Gasteiger partial charge in [-0.2, -0.15) is 0 Å². The number of nitrogens with two attached hydrogens (primary N) is 1. The zero-order valence-corrected chi connectivity index (χ0v) is 13.5. The van der Waals surface area contributed by atoms with Crippen LogP contribution < -0.4 is 20.7 Å². The highest BCUT2D eigenvalue weighted by Crippen LogP contribution is 2.21. The fraction of sp³-hybridized carbons (Fsp3) is 0.562. The van der Waals surface area contributed by atoms with Gasteiger partial charge < -0.3 is 20.7 Å². The first-order valence-electron chi connectivity index (χ1n) is 7.33. The van der Waals surface area contributed by atoms with Gasteiger partial charge in [-0.3, -0.25) is 4.79 Å². The summed E-state index contributed by atoms with van der Waals surface area (Å²) in [6, 6.07) is 7.93. The average Bonchev–Trinajstić information content (AvgIpc) is 2.47. The van der Waals surface area contributed by atoms with E-state index in [0.29, 0.717) is 6.42 Å². The third-order valence-corrected chi connectivity index (χ3v) is 3.78. The lowest BCUT2D eigenvalue weighted by molar-refractivity contribution is -0.124. The van der Waals surface area contributed by atoms with Crippen LogP contribution >= 0.6 is 0 Å². The SMILES string of the molecule is CCNC(C)(CCCN(C)c1cccc(OC)c1)C(N)=O. The Morgan fingerprint density at radius 3 is 2.76 bits per heavy atom. The summed E-state index contributed by atoms with van der Waals surface area (Å²) in [6.07, 6.45) is 1.59. The smallest absolute Gasteiger partial charge is 0.237 e. The Balaban J connectivity index is 2.56. The molecule has 118 valence electrons. The van der Waals surface area contributed by atoms with Crippen LogP contribution in [0.3, 0.4) is 0 Å². The predicted molar refractivity (Wildman–Crippen MR) is 86.8 cm³/mol. The molecule has 1 rings (SSSR count). The molecule has 0 radical (unpaired) electrons. The first kappa shape index (κ1) is 17.3. The van der Waals surface area contributed by atoms with E-state index in [4.69, 9.17) is 10.5 Å². The third-order valence-electron chi connectivity index (χ3n) is 3.78. The number of primary amides is 1. The van der Waals surface area contributed by atoms with Crippen molar-refractivity contribution in [3.63, 3.8) is 0 Å². The minimum Gasteiger partial charge on any atom is -0.497 e. The molecule has 0 spiro atoms. The minimum absolute atomic E-state index is 0.298. The van der Waals surface area contributed by atoms with Gasteiger partial charge in [0.1, 0.15) is 5.75 Å². The van der Waals surface area contributed by atoms with Crippen LogP contribution in [0.1, 0.15) is 26.7 Å². The van der Waals surface area contributed by atoms with E-state index in [1.807, 2.05) is 45.2 Å². The largest absolute Gasteiger partial charge is 0.497 e. The first-order chi connectivity index (χ1) is 9.92. The maximum Gasteiger partial charge on any atom is 0.237 e. The third kappa shape index (κ3) is 4.93.